The highest BCUT2D eigenvalue weighted by Crippen LogP contribution is 2.34. The highest BCUT2D eigenvalue weighted by Gasteiger charge is 2.20. The monoisotopic (exact) mass is 617 g/mol. The Morgan fingerprint density at radius 1 is 0.644 bits per heavy atom. The van der Waals surface area contributed by atoms with E-state index in [9.17, 15) is 10.1 Å². The molecular weight excluding hydrogens is 558 g/mol. The van der Waals surface area contributed by atoms with E-state index in [0.717, 1.165) is 36.8 Å². The summed E-state index contributed by atoms with van der Waals surface area (Å²) in [6.45, 7) is 5.85. The predicted molar refractivity (Wildman–Crippen MR) is 184 cm³/mol. The summed E-state index contributed by atoms with van der Waals surface area (Å²) in [7, 11) is 0. The van der Waals surface area contributed by atoms with Crippen molar-refractivity contribution in [3.8, 4) is 23.3 Å². The van der Waals surface area contributed by atoms with Crippen molar-refractivity contribution in [2.75, 3.05) is 13.2 Å². The van der Waals surface area contributed by atoms with Crippen molar-refractivity contribution in [2.45, 2.75) is 142 Å². The van der Waals surface area contributed by atoms with Crippen LogP contribution in [0.15, 0.2) is 42.5 Å². The summed E-state index contributed by atoms with van der Waals surface area (Å²) < 4.78 is 17.4. The number of carbonyl (C=O) groups excluding carboxylic acids is 1. The molecule has 0 saturated heterocycles. The van der Waals surface area contributed by atoms with Crippen LogP contribution in [0.25, 0.3) is 0 Å². The van der Waals surface area contributed by atoms with Crippen LogP contribution in [-0.2, 0) is 0 Å². The van der Waals surface area contributed by atoms with Crippen LogP contribution in [0.4, 0.5) is 0 Å². The van der Waals surface area contributed by atoms with E-state index < -0.39 is 5.97 Å². The van der Waals surface area contributed by atoms with Crippen molar-refractivity contribution >= 4 is 5.97 Å². The van der Waals surface area contributed by atoms with Crippen molar-refractivity contribution in [2.24, 2.45) is 11.8 Å². The van der Waals surface area contributed by atoms with Crippen molar-refractivity contribution in [1.82, 2.24) is 0 Å². The maximum Gasteiger partial charge on any atom is 0.344 e. The summed E-state index contributed by atoms with van der Waals surface area (Å²) >= 11 is 0. The smallest absolute Gasteiger partial charge is 0.344 e. The Kier molecular flexibility index (Phi) is 18.2. The minimum absolute atomic E-state index is 0.235. The zero-order valence-electron chi connectivity index (χ0n) is 28.3. The molecule has 0 aliphatic heterocycles. The zero-order valence-corrected chi connectivity index (χ0v) is 28.3. The summed E-state index contributed by atoms with van der Waals surface area (Å²) in [6, 6.07) is 14.2. The molecule has 1 fully saturated rings. The first kappa shape index (κ1) is 36.5. The fraction of sp³-hybridized carbons (Fsp3) is 0.650. The largest absolute Gasteiger partial charge is 0.494 e. The molecule has 0 unspecified atom stereocenters. The molecule has 0 N–H and O–H groups in total. The molecule has 248 valence electrons. The van der Waals surface area contributed by atoms with E-state index in [2.05, 4.69) is 19.9 Å². The van der Waals surface area contributed by atoms with E-state index in [4.69, 9.17) is 14.2 Å². The van der Waals surface area contributed by atoms with E-state index >= 15 is 0 Å². The van der Waals surface area contributed by atoms with Crippen molar-refractivity contribution in [1.29, 1.82) is 5.26 Å². The molecule has 1 saturated carbocycles. The second kappa shape index (κ2) is 22.5. The predicted octanol–water partition coefficient (Wildman–Crippen LogP) is 11.6. The van der Waals surface area contributed by atoms with Gasteiger partial charge in [-0.15, -0.1) is 0 Å². The quantitative estimate of drug-likeness (QED) is 0.0705. The van der Waals surface area contributed by atoms with Crippen molar-refractivity contribution in [3.05, 3.63) is 53.6 Å². The number of carbonyl (C=O) groups is 1. The van der Waals surface area contributed by atoms with Crippen LogP contribution < -0.4 is 14.2 Å². The van der Waals surface area contributed by atoms with E-state index in [1.165, 1.54) is 109 Å². The fourth-order valence-electron chi connectivity index (χ4n) is 6.48. The maximum absolute atomic E-state index is 12.9. The summed E-state index contributed by atoms with van der Waals surface area (Å²) in [5, 5.41) is 9.66. The van der Waals surface area contributed by atoms with Crippen LogP contribution in [0.2, 0.25) is 0 Å². The third-order valence-corrected chi connectivity index (χ3v) is 9.34. The number of nitriles is 1. The average molecular weight is 618 g/mol. The number of esters is 1. The highest BCUT2D eigenvalue weighted by atomic mass is 16.5. The molecule has 1 aliphatic carbocycles. The number of benzene rings is 2. The van der Waals surface area contributed by atoms with Crippen LogP contribution in [0.3, 0.4) is 0 Å². The molecule has 2 aromatic carbocycles. The number of hydrogen-bond acceptors (Lipinski definition) is 5. The van der Waals surface area contributed by atoms with Gasteiger partial charge in [0.1, 0.15) is 23.3 Å². The van der Waals surface area contributed by atoms with Gasteiger partial charge in [-0.2, -0.15) is 5.26 Å². The molecule has 1 aliphatic rings. The van der Waals surface area contributed by atoms with Gasteiger partial charge in [0, 0.05) is 0 Å². The molecule has 0 aromatic heterocycles. The molecule has 0 atom stereocenters. The van der Waals surface area contributed by atoms with Gasteiger partial charge in [0.15, 0.2) is 0 Å². The summed E-state index contributed by atoms with van der Waals surface area (Å²) in [6.07, 6.45) is 26.1. The summed E-state index contributed by atoms with van der Waals surface area (Å²) in [4.78, 5) is 12.9. The third kappa shape index (κ3) is 14.8. The molecule has 0 heterocycles. The van der Waals surface area contributed by atoms with Crippen LogP contribution in [0.5, 0.6) is 17.2 Å². The maximum atomic E-state index is 12.9. The van der Waals surface area contributed by atoms with Gasteiger partial charge in [0.25, 0.3) is 0 Å². The number of rotatable bonds is 23. The van der Waals surface area contributed by atoms with Crippen LogP contribution in [0, 0.1) is 23.2 Å². The minimum atomic E-state index is -0.554. The van der Waals surface area contributed by atoms with Gasteiger partial charge in [0.05, 0.1) is 24.3 Å². The first-order chi connectivity index (χ1) is 22.1. The van der Waals surface area contributed by atoms with Crippen molar-refractivity contribution in [3.63, 3.8) is 0 Å². The first-order valence-corrected chi connectivity index (χ1v) is 18.2. The zero-order chi connectivity index (χ0) is 32.0. The fourth-order valence-corrected chi connectivity index (χ4v) is 6.48. The molecule has 3 rings (SSSR count). The van der Waals surface area contributed by atoms with Crippen LogP contribution in [-0.4, -0.2) is 19.2 Å². The Labute approximate surface area is 274 Å². The average Bonchev–Trinajstić information content (AvgIpc) is 3.07. The minimum Gasteiger partial charge on any atom is -0.494 e. The lowest BCUT2D eigenvalue weighted by Gasteiger charge is -2.28. The second-order valence-corrected chi connectivity index (χ2v) is 13.1. The molecular formula is C40H59NO4. The molecule has 45 heavy (non-hydrogen) atoms. The number of nitrogens with zero attached hydrogens (tertiary/aromatic N) is 1. The first-order valence-electron chi connectivity index (χ1n) is 18.2. The van der Waals surface area contributed by atoms with Gasteiger partial charge in [-0.1, -0.05) is 123 Å². The van der Waals surface area contributed by atoms with Gasteiger partial charge >= 0.3 is 5.97 Å². The lowest BCUT2D eigenvalue weighted by atomic mass is 9.78. The SMILES string of the molecule is CCCCCCCCCCCCOc1ccc(C(=O)Oc2ccc(OCCCC3CCC(CCCCC)CC3)cc2)c(C#N)c1. The van der Waals surface area contributed by atoms with Gasteiger partial charge < -0.3 is 14.2 Å². The van der Waals surface area contributed by atoms with Crippen LogP contribution in [0.1, 0.15) is 158 Å². The lowest BCUT2D eigenvalue weighted by molar-refractivity contribution is 0.0734. The van der Waals surface area contributed by atoms with Gasteiger partial charge in [-0.3, -0.25) is 0 Å². The Morgan fingerprint density at radius 2 is 1.13 bits per heavy atom. The second-order valence-electron chi connectivity index (χ2n) is 13.1. The number of unbranched alkanes of at least 4 members (excludes halogenated alkanes) is 11. The number of ether oxygens (including phenoxy) is 3. The molecule has 2 aromatic rings. The van der Waals surface area contributed by atoms with E-state index in [1.54, 1.807) is 30.3 Å². The Bertz CT molecular complexity index is 1110. The Morgan fingerprint density at radius 3 is 1.76 bits per heavy atom. The van der Waals surface area contributed by atoms with E-state index in [1.807, 2.05) is 12.1 Å². The van der Waals surface area contributed by atoms with Crippen LogP contribution >= 0.6 is 0 Å². The molecule has 0 bridgehead atoms. The topological polar surface area (TPSA) is 68.6 Å². The standard InChI is InChI=1S/C40H59NO4/c1-3-5-7-8-9-10-11-12-13-15-29-44-38-27-28-39(35(31-38)32-41)40(42)45-37-25-23-36(24-26-37)43-30-16-18-34-21-19-33(20-22-34)17-14-6-4-2/h23-28,31,33-34H,3-22,29-30H2,1-2H3. The summed E-state index contributed by atoms with van der Waals surface area (Å²) in [5.74, 6) is 3.06. The number of hydrogen-bond donors (Lipinski definition) is 0. The van der Waals surface area contributed by atoms with E-state index in [0.29, 0.717) is 24.7 Å². The molecule has 5 heteroatoms. The van der Waals surface area contributed by atoms with Gasteiger partial charge in [-0.05, 0) is 73.6 Å². The normalized spacial score (nSPS) is 16.2. The van der Waals surface area contributed by atoms with Crippen molar-refractivity contribution < 1.29 is 19.0 Å². The van der Waals surface area contributed by atoms with Gasteiger partial charge in [0.2, 0.25) is 0 Å². The molecule has 0 amide bonds. The third-order valence-electron chi connectivity index (χ3n) is 9.34. The highest BCUT2D eigenvalue weighted by molar-refractivity contribution is 5.94. The Balaban J connectivity index is 1.30. The Hall–Kier alpha value is -3.00. The molecule has 0 spiro atoms. The summed E-state index contributed by atoms with van der Waals surface area (Å²) in [5.41, 5.74) is 0.490. The van der Waals surface area contributed by atoms with Gasteiger partial charge in [-0.25, -0.2) is 4.79 Å². The molecule has 5 nitrogen and oxygen atoms in total. The lowest BCUT2D eigenvalue weighted by Crippen LogP contribution is -2.15. The molecule has 0 radical (unpaired) electrons. The van der Waals surface area contributed by atoms with E-state index in [-0.39, 0.29) is 11.1 Å².